The standard InChI is InChI=1S/C22H20Cl2N2O2/c1-14-6-5-11-25(13-14)20-19(15-7-3-2-4-8-15)21(27)26(22(20)28)18-12-16(23)9-10-17(18)24/h2-4,7-10,12,14H,5-6,11,13H2,1H3. The van der Waals surface area contributed by atoms with Gasteiger partial charge in [-0.05, 0) is 42.5 Å². The summed E-state index contributed by atoms with van der Waals surface area (Å²) in [6.45, 7) is 3.68. The summed E-state index contributed by atoms with van der Waals surface area (Å²) in [7, 11) is 0. The second-order valence-corrected chi connectivity index (χ2v) is 8.17. The number of hydrogen-bond donors (Lipinski definition) is 0. The van der Waals surface area contributed by atoms with Crippen LogP contribution in [0.1, 0.15) is 25.3 Å². The highest BCUT2D eigenvalue weighted by atomic mass is 35.5. The lowest BCUT2D eigenvalue weighted by Gasteiger charge is -2.33. The van der Waals surface area contributed by atoms with E-state index in [1.807, 2.05) is 30.3 Å². The van der Waals surface area contributed by atoms with Crippen LogP contribution in [0.15, 0.2) is 54.2 Å². The Morgan fingerprint density at radius 1 is 1.00 bits per heavy atom. The zero-order chi connectivity index (χ0) is 19.8. The van der Waals surface area contributed by atoms with Crippen LogP contribution in [0.4, 0.5) is 5.69 Å². The Labute approximate surface area is 174 Å². The van der Waals surface area contributed by atoms with Crippen LogP contribution in [0.2, 0.25) is 10.0 Å². The maximum absolute atomic E-state index is 13.5. The Kier molecular flexibility index (Phi) is 5.17. The largest absolute Gasteiger partial charge is 0.366 e. The van der Waals surface area contributed by atoms with Crippen LogP contribution in [0.5, 0.6) is 0 Å². The smallest absolute Gasteiger partial charge is 0.282 e. The normalized spacial score (nSPS) is 20.3. The third-order valence-electron chi connectivity index (χ3n) is 5.24. The number of imide groups is 1. The number of amides is 2. The van der Waals surface area contributed by atoms with Gasteiger partial charge in [0.1, 0.15) is 5.70 Å². The van der Waals surface area contributed by atoms with Crippen LogP contribution in [-0.2, 0) is 9.59 Å². The molecule has 6 heteroatoms. The van der Waals surface area contributed by atoms with E-state index in [-0.39, 0.29) is 11.8 Å². The first-order valence-electron chi connectivity index (χ1n) is 9.36. The molecule has 144 valence electrons. The molecule has 0 saturated carbocycles. The molecule has 2 aromatic rings. The van der Waals surface area contributed by atoms with Gasteiger partial charge in [0.15, 0.2) is 0 Å². The van der Waals surface area contributed by atoms with Gasteiger partial charge >= 0.3 is 0 Å². The maximum atomic E-state index is 13.5. The maximum Gasteiger partial charge on any atom is 0.282 e. The first-order chi connectivity index (χ1) is 13.5. The van der Waals surface area contributed by atoms with Crippen molar-refractivity contribution in [2.75, 3.05) is 18.0 Å². The molecule has 0 aliphatic carbocycles. The number of benzene rings is 2. The molecule has 1 fully saturated rings. The number of hydrogen-bond acceptors (Lipinski definition) is 3. The van der Waals surface area contributed by atoms with Gasteiger partial charge in [0, 0.05) is 18.1 Å². The van der Waals surface area contributed by atoms with E-state index >= 15 is 0 Å². The molecule has 1 atom stereocenters. The Morgan fingerprint density at radius 2 is 1.75 bits per heavy atom. The average Bonchev–Trinajstić information content (AvgIpc) is 2.95. The Balaban J connectivity index is 1.85. The van der Waals surface area contributed by atoms with Crippen molar-refractivity contribution in [2.24, 2.45) is 5.92 Å². The van der Waals surface area contributed by atoms with Crippen molar-refractivity contribution in [1.82, 2.24) is 4.90 Å². The molecular formula is C22H20Cl2N2O2. The second kappa shape index (κ2) is 7.61. The van der Waals surface area contributed by atoms with Crippen molar-refractivity contribution in [2.45, 2.75) is 19.8 Å². The van der Waals surface area contributed by atoms with Crippen molar-refractivity contribution in [3.63, 3.8) is 0 Å². The predicted octanol–water partition coefficient (Wildman–Crippen LogP) is 5.01. The van der Waals surface area contributed by atoms with Gasteiger partial charge in [0.2, 0.25) is 0 Å². The van der Waals surface area contributed by atoms with Gasteiger partial charge in [-0.3, -0.25) is 9.59 Å². The molecule has 28 heavy (non-hydrogen) atoms. The van der Waals surface area contributed by atoms with Gasteiger partial charge in [0.25, 0.3) is 11.8 Å². The number of carbonyl (C=O) groups excluding carboxylic acids is 2. The van der Waals surface area contributed by atoms with Crippen molar-refractivity contribution >= 4 is 46.3 Å². The van der Waals surface area contributed by atoms with Crippen LogP contribution in [-0.4, -0.2) is 29.8 Å². The third kappa shape index (κ3) is 3.31. The number of piperidine rings is 1. The average molecular weight is 415 g/mol. The lowest BCUT2D eigenvalue weighted by molar-refractivity contribution is -0.120. The highest BCUT2D eigenvalue weighted by Gasteiger charge is 2.43. The summed E-state index contributed by atoms with van der Waals surface area (Å²) in [5.74, 6) is -0.249. The molecule has 0 aromatic heterocycles. The van der Waals surface area contributed by atoms with Crippen LogP contribution in [0.3, 0.4) is 0 Å². The zero-order valence-corrected chi connectivity index (χ0v) is 17.0. The van der Waals surface area contributed by atoms with E-state index in [4.69, 9.17) is 23.2 Å². The summed E-state index contributed by atoms with van der Waals surface area (Å²) in [6, 6.07) is 14.1. The van der Waals surface area contributed by atoms with E-state index in [1.165, 1.54) is 0 Å². The fourth-order valence-electron chi connectivity index (χ4n) is 3.95. The molecule has 0 radical (unpaired) electrons. The van der Waals surface area contributed by atoms with Crippen LogP contribution in [0, 0.1) is 5.92 Å². The molecule has 0 N–H and O–H groups in total. The van der Waals surface area contributed by atoms with Crippen molar-refractivity contribution in [3.8, 4) is 0 Å². The highest BCUT2D eigenvalue weighted by molar-refractivity contribution is 6.47. The van der Waals surface area contributed by atoms with E-state index < -0.39 is 0 Å². The van der Waals surface area contributed by atoms with Crippen molar-refractivity contribution in [3.05, 3.63) is 69.8 Å². The molecule has 4 rings (SSSR count). The number of nitrogens with zero attached hydrogens (tertiary/aromatic N) is 2. The molecule has 0 bridgehead atoms. The minimum Gasteiger partial charge on any atom is -0.366 e. The van der Waals surface area contributed by atoms with Crippen LogP contribution < -0.4 is 4.90 Å². The fourth-order valence-corrected chi connectivity index (χ4v) is 4.31. The molecular weight excluding hydrogens is 395 g/mol. The number of carbonyl (C=O) groups is 2. The molecule has 2 amide bonds. The van der Waals surface area contributed by atoms with Gasteiger partial charge < -0.3 is 4.90 Å². The number of halogens is 2. The van der Waals surface area contributed by atoms with Crippen LogP contribution >= 0.6 is 23.2 Å². The third-order valence-corrected chi connectivity index (χ3v) is 5.80. The van der Waals surface area contributed by atoms with Gasteiger partial charge in [-0.15, -0.1) is 0 Å². The van der Waals surface area contributed by atoms with E-state index in [0.29, 0.717) is 32.9 Å². The van der Waals surface area contributed by atoms with Gasteiger partial charge in [-0.25, -0.2) is 4.90 Å². The number of rotatable bonds is 3. The summed E-state index contributed by atoms with van der Waals surface area (Å²) < 4.78 is 0. The van der Waals surface area contributed by atoms with E-state index in [1.54, 1.807) is 18.2 Å². The lowest BCUT2D eigenvalue weighted by Crippen LogP contribution is -2.39. The summed E-state index contributed by atoms with van der Waals surface area (Å²) in [6.07, 6.45) is 2.11. The quantitative estimate of drug-likeness (QED) is 0.662. The van der Waals surface area contributed by atoms with E-state index in [0.717, 1.165) is 36.4 Å². The summed E-state index contributed by atoms with van der Waals surface area (Å²) in [5, 5.41) is 0.730. The van der Waals surface area contributed by atoms with E-state index in [9.17, 15) is 9.59 Å². The van der Waals surface area contributed by atoms with Crippen molar-refractivity contribution < 1.29 is 9.59 Å². The monoisotopic (exact) mass is 414 g/mol. The molecule has 4 nitrogen and oxygen atoms in total. The molecule has 1 unspecified atom stereocenters. The van der Waals surface area contributed by atoms with Crippen LogP contribution in [0.25, 0.3) is 5.57 Å². The molecule has 1 saturated heterocycles. The molecule has 2 aliphatic rings. The van der Waals surface area contributed by atoms with E-state index in [2.05, 4.69) is 11.8 Å². The Hall–Kier alpha value is -2.30. The lowest BCUT2D eigenvalue weighted by atomic mass is 9.98. The molecule has 2 aromatic carbocycles. The van der Waals surface area contributed by atoms with Gasteiger partial charge in [-0.2, -0.15) is 0 Å². The van der Waals surface area contributed by atoms with Gasteiger partial charge in [0.05, 0.1) is 16.3 Å². The topological polar surface area (TPSA) is 40.6 Å². The highest BCUT2D eigenvalue weighted by Crippen LogP contribution is 2.39. The first-order valence-corrected chi connectivity index (χ1v) is 10.1. The Bertz CT molecular complexity index is 972. The number of anilines is 1. The SMILES string of the molecule is CC1CCCN(C2=C(c3ccccc3)C(=O)N(c3cc(Cl)ccc3Cl)C2=O)C1. The summed E-state index contributed by atoms with van der Waals surface area (Å²) in [5.41, 5.74) is 1.93. The predicted molar refractivity (Wildman–Crippen MR) is 112 cm³/mol. The first kappa shape index (κ1) is 19.0. The summed E-state index contributed by atoms with van der Waals surface area (Å²) >= 11 is 12.4. The van der Waals surface area contributed by atoms with Crippen molar-refractivity contribution in [1.29, 1.82) is 0 Å². The molecule has 0 spiro atoms. The second-order valence-electron chi connectivity index (χ2n) is 7.32. The zero-order valence-electron chi connectivity index (χ0n) is 15.5. The molecule has 2 heterocycles. The summed E-state index contributed by atoms with van der Waals surface area (Å²) in [4.78, 5) is 30.1. The van der Waals surface area contributed by atoms with Gasteiger partial charge in [-0.1, -0.05) is 60.5 Å². The fraction of sp³-hybridized carbons (Fsp3) is 0.273. The minimum absolute atomic E-state index is 0.312. The Morgan fingerprint density at radius 3 is 2.46 bits per heavy atom. The number of likely N-dealkylation sites (tertiary alicyclic amines) is 1. The molecule has 2 aliphatic heterocycles. The minimum atomic E-state index is -0.367.